The predicted molar refractivity (Wildman–Crippen MR) is 123 cm³/mol. The minimum absolute atomic E-state index is 0.0996. The van der Waals surface area contributed by atoms with E-state index >= 15 is 0 Å². The van der Waals surface area contributed by atoms with Crippen LogP contribution in [-0.2, 0) is 10.0 Å². The smallest absolute Gasteiger partial charge is 0.263 e. The van der Waals surface area contributed by atoms with Gasteiger partial charge in [-0.3, -0.25) is 14.3 Å². The van der Waals surface area contributed by atoms with Gasteiger partial charge in [0.1, 0.15) is 5.82 Å². The summed E-state index contributed by atoms with van der Waals surface area (Å²) in [6.45, 7) is 1.70. The Balaban J connectivity index is 1.57. The van der Waals surface area contributed by atoms with Crippen LogP contribution < -0.4 is 10.0 Å². The lowest BCUT2D eigenvalue weighted by atomic mass is 9.86. The standard InChI is InChI=1S/C23H18ClN3O4S/c1-14(20-21(24)23(29)18-10-6-5-9-17(18)22(20)28)26-15-11-12-25-19(13-15)27-32(30,31)16-7-3-2-4-8-16/h2-14H,1H3,(H2,25,26,27). The highest BCUT2D eigenvalue weighted by Crippen LogP contribution is 2.31. The highest BCUT2D eigenvalue weighted by molar-refractivity contribution is 7.92. The lowest BCUT2D eigenvalue weighted by Gasteiger charge is -2.23. The van der Waals surface area contributed by atoms with Crippen molar-refractivity contribution in [3.8, 4) is 0 Å². The van der Waals surface area contributed by atoms with Crippen LogP contribution in [0.25, 0.3) is 0 Å². The van der Waals surface area contributed by atoms with Gasteiger partial charge in [-0.15, -0.1) is 0 Å². The number of aromatic nitrogens is 1. The summed E-state index contributed by atoms with van der Waals surface area (Å²) in [4.78, 5) is 29.8. The maximum atomic E-state index is 13.0. The molecule has 4 rings (SSSR count). The molecule has 0 aliphatic heterocycles. The van der Waals surface area contributed by atoms with Crippen LogP contribution in [0.2, 0.25) is 0 Å². The second kappa shape index (κ2) is 8.57. The first-order valence-corrected chi connectivity index (χ1v) is 11.5. The van der Waals surface area contributed by atoms with Crippen LogP contribution in [0.4, 0.5) is 11.5 Å². The van der Waals surface area contributed by atoms with E-state index in [9.17, 15) is 18.0 Å². The van der Waals surface area contributed by atoms with Gasteiger partial charge in [0, 0.05) is 34.7 Å². The number of rotatable bonds is 6. The van der Waals surface area contributed by atoms with E-state index in [-0.39, 0.29) is 32.7 Å². The zero-order valence-corrected chi connectivity index (χ0v) is 18.4. The number of benzene rings is 2. The number of carbonyl (C=O) groups is 2. The Morgan fingerprint density at radius 3 is 2.22 bits per heavy atom. The molecule has 0 spiro atoms. The van der Waals surface area contributed by atoms with Crippen molar-refractivity contribution >= 4 is 44.7 Å². The number of hydrogen-bond acceptors (Lipinski definition) is 6. The molecule has 0 amide bonds. The number of allylic oxidation sites excluding steroid dienone is 1. The SMILES string of the molecule is CC(Nc1ccnc(NS(=O)(=O)c2ccccc2)c1)C1=C(Cl)C(=O)c2ccccc2C1=O. The number of Topliss-reactive ketones (excluding diaryl/α,β-unsaturated/α-hetero) is 2. The predicted octanol–water partition coefficient (Wildman–Crippen LogP) is 4.25. The van der Waals surface area contributed by atoms with Crippen LogP contribution in [0.1, 0.15) is 27.6 Å². The van der Waals surface area contributed by atoms with Gasteiger partial charge in [-0.1, -0.05) is 54.1 Å². The quantitative estimate of drug-likeness (QED) is 0.561. The van der Waals surface area contributed by atoms with E-state index in [1.54, 1.807) is 55.5 Å². The fraction of sp³-hybridized carbons (Fsp3) is 0.0870. The molecule has 0 fully saturated rings. The molecule has 32 heavy (non-hydrogen) atoms. The summed E-state index contributed by atoms with van der Waals surface area (Å²) in [5.41, 5.74) is 1.23. The Morgan fingerprint density at radius 2 is 1.53 bits per heavy atom. The van der Waals surface area contributed by atoms with Crippen molar-refractivity contribution in [1.82, 2.24) is 4.98 Å². The molecule has 1 aromatic heterocycles. The first-order valence-electron chi connectivity index (χ1n) is 9.66. The Labute approximate surface area is 190 Å². The van der Waals surface area contributed by atoms with Gasteiger partial charge in [0.05, 0.1) is 16.0 Å². The van der Waals surface area contributed by atoms with E-state index in [2.05, 4.69) is 15.0 Å². The molecule has 0 saturated carbocycles. The molecular formula is C23H18ClN3O4S. The number of nitrogens with one attached hydrogen (secondary N) is 2. The summed E-state index contributed by atoms with van der Waals surface area (Å²) in [5.74, 6) is -0.636. The number of anilines is 2. The summed E-state index contributed by atoms with van der Waals surface area (Å²) in [5, 5.41) is 2.97. The highest BCUT2D eigenvalue weighted by atomic mass is 35.5. The Bertz CT molecular complexity index is 1350. The third kappa shape index (κ3) is 4.15. The van der Waals surface area contributed by atoms with Gasteiger partial charge in [-0.25, -0.2) is 13.4 Å². The van der Waals surface area contributed by atoms with Crippen molar-refractivity contribution in [3.63, 3.8) is 0 Å². The summed E-state index contributed by atoms with van der Waals surface area (Å²) in [6, 6.07) is 16.9. The summed E-state index contributed by atoms with van der Waals surface area (Å²) in [6.07, 6.45) is 1.43. The fourth-order valence-corrected chi connectivity index (χ4v) is 4.82. The number of halogens is 1. The monoisotopic (exact) mass is 467 g/mol. The second-order valence-corrected chi connectivity index (χ2v) is 9.21. The summed E-state index contributed by atoms with van der Waals surface area (Å²) < 4.78 is 27.5. The van der Waals surface area contributed by atoms with Crippen molar-refractivity contribution in [2.75, 3.05) is 10.0 Å². The third-order valence-electron chi connectivity index (χ3n) is 4.97. The molecule has 1 unspecified atom stereocenters. The van der Waals surface area contributed by atoms with E-state index in [4.69, 9.17) is 11.6 Å². The zero-order chi connectivity index (χ0) is 22.9. The van der Waals surface area contributed by atoms with E-state index in [1.807, 2.05) is 0 Å². The van der Waals surface area contributed by atoms with Crippen LogP contribution >= 0.6 is 11.6 Å². The van der Waals surface area contributed by atoms with Crippen LogP contribution in [0, 0.1) is 0 Å². The van der Waals surface area contributed by atoms with E-state index in [0.717, 1.165) is 0 Å². The first kappa shape index (κ1) is 21.7. The minimum atomic E-state index is -3.81. The molecule has 2 aromatic carbocycles. The van der Waals surface area contributed by atoms with Gasteiger partial charge < -0.3 is 5.32 Å². The van der Waals surface area contributed by atoms with Gasteiger partial charge >= 0.3 is 0 Å². The Hall–Kier alpha value is -3.49. The number of nitrogens with zero attached hydrogens (tertiary/aromatic N) is 1. The van der Waals surface area contributed by atoms with E-state index in [1.165, 1.54) is 24.4 Å². The van der Waals surface area contributed by atoms with Crippen molar-refractivity contribution in [1.29, 1.82) is 0 Å². The maximum absolute atomic E-state index is 13.0. The normalized spacial score (nSPS) is 14.7. The number of pyridine rings is 1. The topological polar surface area (TPSA) is 105 Å². The molecule has 162 valence electrons. The molecule has 2 N–H and O–H groups in total. The molecule has 0 saturated heterocycles. The molecule has 1 aliphatic rings. The average Bonchev–Trinajstić information content (AvgIpc) is 2.78. The maximum Gasteiger partial charge on any atom is 0.263 e. The molecule has 1 aliphatic carbocycles. The van der Waals surface area contributed by atoms with Crippen molar-refractivity contribution in [3.05, 3.63) is 94.7 Å². The summed E-state index contributed by atoms with van der Waals surface area (Å²) in [7, 11) is -3.81. The number of fused-ring (bicyclic) bond motifs is 1. The molecular weight excluding hydrogens is 450 g/mol. The molecule has 1 heterocycles. The molecule has 0 radical (unpaired) electrons. The largest absolute Gasteiger partial charge is 0.378 e. The zero-order valence-electron chi connectivity index (χ0n) is 16.9. The van der Waals surface area contributed by atoms with Crippen LogP contribution in [0.3, 0.4) is 0 Å². The molecule has 9 heteroatoms. The van der Waals surface area contributed by atoms with Crippen LogP contribution in [0.15, 0.2) is 88.4 Å². The minimum Gasteiger partial charge on any atom is -0.378 e. The second-order valence-electron chi connectivity index (χ2n) is 7.15. The number of sulfonamides is 1. The van der Waals surface area contributed by atoms with E-state index < -0.39 is 21.8 Å². The van der Waals surface area contributed by atoms with E-state index in [0.29, 0.717) is 11.3 Å². The van der Waals surface area contributed by atoms with Gasteiger partial charge in [0.25, 0.3) is 10.0 Å². The molecule has 7 nitrogen and oxygen atoms in total. The molecule has 3 aromatic rings. The number of carbonyl (C=O) groups excluding carboxylic acids is 2. The highest BCUT2D eigenvalue weighted by Gasteiger charge is 2.33. The van der Waals surface area contributed by atoms with Crippen LogP contribution in [-0.4, -0.2) is 31.0 Å². The summed E-state index contributed by atoms with van der Waals surface area (Å²) >= 11 is 6.27. The van der Waals surface area contributed by atoms with Crippen molar-refractivity contribution in [2.45, 2.75) is 17.9 Å². The van der Waals surface area contributed by atoms with Gasteiger partial charge in [0.2, 0.25) is 5.78 Å². The molecule has 1 atom stereocenters. The lowest BCUT2D eigenvalue weighted by molar-refractivity contribution is 0.0977. The van der Waals surface area contributed by atoms with Gasteiger partial charge in [-0.2, -0.15) is 0 Å². The fourth-order valence-electron chi connectivity index (χ4n) is 3.45. The van der Waals surface area contributed by atoms with Crippen molar-refractivity contribution in [2.24, 2.45) is 0 Å². The molecule has 0 bridgehead atoms. The first-order chi connectivity index (χ1) is 15.3. The third-order valence-corrected chi connectivity index (χ3v) is 6.71. The Morgan fingerprint density at radius 1 is 0.906 bits per heavy atom. The van der Waals surface area contributed by atoms with Gasteiger partial charge in [0.15, 0.2) is 5.78 Å². The Kier molecular flexibility index (Phi) is 5.82. The lowest BCUT2D eigenvalue weighted by Crippen LogP contribution is -2.30. The van der Waals surface area contributed by atoms with Crippen molar-refractivity contribution < 1.29 is 18.0 Å². The average molecular weight is 468 g/mol. The number of ketones is 2. The number of hydrogen-bond donors (Lipinski definition) is 2. The van der Waals surface area contributed by atoms with Gasteiger partial charge in [-0.05, 0) is 25.1 Å². The van der Waals surface area contributed by atoms with Crippen LogP contribution in [0.5, 0.6) is 0 Å².